The van der Waals surface area contributed by atoms with Crippen LogP contribution in [0.5, 0.6) is 5.75 Å². The lowest BCUT2D eigenvalue weighted by molar-refractivity contribution is -0.134. The summed E-state index contributed by atoms with van der Waals surface area (Å²) in [6.45, 7) is 5.63. The summed E-state index contributed by atoms with van der Waals surface area (Å²) in [5, 5.41) is 7.75. The fourth-order valence-corrected chi connectivity index (χ4v) is 2.65. The topological polar surface area (TPSA) is 96.5 Å². The second-order valence-electron chi connectivity index (χ2n) is 6.97. The van der Waals surface area contributed by atoms with Crippen molar-refractivity contribution < 1.29 is 19.1 Å². The minimum Gasteiger partial charge on any atom is -0.497 e. The van der Waals surface area contributed by atoms with Crippen LogP contribution in [0.3, 0.4) is 0 Å². The van der Waals surface area contributed by atoms with Crippen molar-refractivity contribution in [2.75, 3.05) is 12.4 Å². The van der Waals surface area contributed by atoms with Gasteiger partial charge in [-0.2, -0.15) is 0 Å². The first-order valence-corrected chi connectivity index (χ1v) is 9.38. The van der Waals surface area contributed by atoms with Gasteiger partial charge in [0.15, 0.2) is 6.04 Å². The summed E-state index contributed by atoms with van der Waals surface area (Å²) in [6, 6.07) is 13.2. The van der Waals surface area contributed by atoms with Gasteiger partial charge in [-0.3, -0.25) is 14.4 Å². The molecule has 0 unspecified atom stereocenters. The number of amides is 3. The lowest BCUT2D eigenvalue weighted by atomic mass is 10.0. The van der Waals surface area contributed by atoms with Crippen LogP contribution in [0, 0.1) is 0 Å². The number of ether oxygens (including phenoxy) is 1. The first-order valence-electron chi connectivity index (χ1n) is 9.38. The number of hydrogen-bond donors (Lipinski definition) is 3. The molecule has 0 spiro atoms. The number of methoxy groups -OCH3 is 1. The Bertz CT molecular complexity index is 845. The molecule has 29 heavy (non-hydrogen) atoms. The summed E-state index contributed by atoms with van der Waals surface area (Å²) in [4.78, 5) is 36.6. The van der Waals surface area contributed by atoms with Crippen LogP contribution >= 0.6 is 0 Å². The van der Waals surface area contributed by atoms with Gasteiger partial charge in [-0.1, -0.05) is 38.1 Å². The van der Waals surface area contributed by atoms with E-state index in [1.54, 1.807) is 31.4 Å². The van der Waals surface area contributed by atoms with Crippen molar-refractivity contribution in [2.24, 2.45) is 0 Å². The molecule has 0 radical (unpaired) electrons. The molecule has 2 aromatic rings. The number of hydrogen-bond acceptors (Lipinski definition) is 4. The minimum atomic E-state index is -1.34. The van der Waals surface area contributed by atoms with Crippen LogP contribution < -0.4 is 20.7 Å². The Kier molecular flexibility index (Phi) is 7.77. The van der Waals surface area contributed by atoms with Crippen molar-refractivity contribution in [1.82, 2.24) is 10.6 Å². The molecule has 0 aromatic heterocycles. The highest BCUT2D eigenvalue weighted by atomic mass is 16.5. The Morgan fingerprint density at radius 1 is 0.931 bits per heavy atom. The van der Waals surface area contributed by atoms with Gasteiger partial charge < -0.3 is 20.7 Å². The highest BCUT2D eigenvalue weighted by Gasteiger charge is 2.27. The van der Waals surface area contributed by atoms with Gasteiger partial charge in [-0.25, -0.2) is 0 Å². The third-order valence-corrected chi connectivity index (χ3v) is 4.34. The Morgan fingerprint density at radius 2 is 1.55 bits per heavy atom. The summed E-state index contributed by atoms with van der Waals surface area (Å²) in [6.07, 6.45) is 0. The number of rotatable bonds is 8. The standard InChI is InChI=1S/C22H27N3O4/c1-14(2)17-7-9-18(10-8-17)25-22(28)20(24-15(3)26)21(27)23-13-16-5-11-19(29-4)12-6-16/h5-12,14,20H,13H2,1-4H3,(H,23,27)(H,24,26)(H,25,28)/t20-/m0/s1. The molecule has 0 aliphatic rings. The van der Waals surface area contributed by atoms with E-state index in [1.165, 1.54) is 6.92 Å². The predicted octanol–water partition coefficient (Wildman–Crippen LogP) is 2.58. The summed E-state index contributed by atoms with van der Waals surface area (Å²) in [7, 11) is 1.57. The minimum absolute atomic E-state index is 0.218. The molecule has 0 aliphatic carbocycles. The summed E-state index contributed by atoms with van der Waals surface area (Å²) in [5.74, 6) is -0.591. The monoisotopic (exact) mass is 397 g/mol. The molecule has 0 saturated heterocycles. The van der Waals surface area contributed by atoms with Crippen molar-refractivity contribution >= 4 is 23.4 Å². The van der Waals surface area contributed by atoms with E-state index in [2.05, 4.69) is 29.8 Å². The fourth-order valence-electron chi connectivity index (χ4n) is 2.65. The van der Waals surface area contributed by atoms with Crippen molar-refractivity contribution in [2.45, 2.75) is 39.3 Å². The third-order valence-electron chi connectivity index (χ3n) is 4.34. The van der Waals surface area contributed by atoms with Gasteiger partial charge in [-0.05, 0) is 41.3 Å². The third kappa shape index (κ3) is 6.64. The van der Waals surface area contributed by atoms with Gasteiger partial charge in [0.2, 0.25) is 5.91 Å². The predicted molar refractivity (Wildman–Crippen MR) is 112 cm³/mol. The van der Waals surface area contributed by atoms with Crippen molar-refractivity contribution in [1.29, 1.82) is 0 Å². The number of carbonyl (C=O) groups is 3. The van der Waals surface area contributed by atoms with Crippen molar-refractivity contribution in [3.05, 3.63) is 59.7 Å². The molecule has 7 nitrogen and oxygen atoms in total. The maximum atomic E-state index is 12.6. The van der Waals surface area contributed by atoms with Crippen LogP contribution in [-0.2, 0) is 20.9 Å². The zero-order valence-corrected chi connectivity index (χ0v) is 17.1. The molecule has 3 N–H and O–H groups in total. The van der Waals surface area contributed by atoms with E-state index in [-0.39, 0.29) is 6.54 Å². The zero-order valence-electron chi connectivity index (χ0n) is 17.1. The molecular formula is C22H27N3O4. The van der Waals surface area contributed by atoms with E-state index in [0.29, 0.717) is 17.4 Å². The van der Waals surface area contributed by atoms with Gasteiger partial charge in [0.05, 0.1) is 7.11 Å². The second kappa shape index (κ2) is 10.3. The molecule has 2 rings (SSSR count). The summed E-state index contributed by atoms with van der Waals surface area (Å²) >= 11 is 0. The largest absolute Gasteiger partial charge is 0.497 e. The number of anilines is 1. The fraction of sp³-hybridized carbons (Fsp3) is 0.318. The molecule has 0 heterocycles. The Labute approximate surface area is 170 Å². The maximum absolute atomic E-state index is 12.6. The average Bonchev–Trinajstić information content (AvgIpc) is 2.70. The van der Waals surface area contributed by atoms with Gasteiger partial charge in [-0.15, -0.1) is 0 Å². The normalized spacial score (nSPS) is 11.5. The smallest absolute Gasteiger partial charge is 0.256 e. The molecule has 154 valence electrons. The van der Waals surface area contributed by atoms with Gasteiger partial charge in [0.1, 0.15) is 5.75 Å². The van der Waals surface area contributed by atoms with Crippen molar-refractivity contribution in [3.63, 3.8) is 0 Å². The molecule has 0 bridgehead atoms. The van der Waals surface area contributed by atoms with Gasteiger partial charge in [0, 0.05) is 19.2 Å². The van der Waals surface area contributed by atoms with Crippen LogP contribution in [0.1, 0.15) is 37.8 Å². The van der Waals surface area contributed by atoms with Crippen LogP contribution in [0.2, 0.25) is 0 Å². The lowest BCUT2D eigenvalue weighted by Crippen LogP contribution is -2.52. The average molecular weight is 397 g/mol. The highest BCUT2D eigenvalue weighted by molar-refractivity contribution is 6.11. The van der Waals surface area contributed by atoms with E-state index < -0.39 is 23.8 Å². The van der Waals surface area contributed by atoms with E-state index in [1.807, 2.05) is 24.3 Å². The Balaban J connectivity index is 2.02. The SMILES string of the molecule is COc1ccc(CNC(=O)[C@H](NC(C)=O)C(=O)Nc2ccc(C(C)C)cc2)cc1. The maximum Gasteiger partial charge on any atom is 0.256 e. The van der Waals surface area contributed by atoms with Gasteiger partial charge >= 0.3 is 0 Å². The molecule has 1 atom stereocenters. The van der Waals surface area contributed by atoms with Crippen LogP contribution in [-0.4, -0.2) is 30.9 Å². The van der Waals surface area contributed by atoms with Crippen LogP contribution in [0.25, 0.3) is 0 Å². The quantitative estimate of drug-likeness (QED) is 0.597. The van der Waals surface area contributed by atoms with Crippen LogP contribution in [0.15, 0.2) is 48.5 Å². The summed E-state index contributed by atoms with van der Waals surface area (Å²) in [5.41, 5.74) is 2.53. The molecule has 7 heteroatoms. The number of carbonyl (C=O) groups excluding carboxylic acids is 3. The zero-order chi connectivity index (χ0) is 21.4. The molecule has 0 saturated carbocycles. The molecule has 3 amide bonds. The second-order valence-corrected chi connectivity index (χ2v) is 6.97. The highest BCUT2D eigenvalue weighted by Crippen LogP contribution is 2.17. The van der Waals surface area contributed by atoms with E-state index >= 15 is 0 Å². The summed E-state index contributed by atoms with van der Waals surface area (Å²) < 4.78 is 5.10. The first kappa shape index (κ1) is 21.9. The number of benzene rings is 2. The number of nitrogens with one attached hydrogen (secondary N) is 3. The van der Waals surface area contributed by atoms with E-state index in [0.717, 1.165) is 11.1 Å². The Morgan fingerprint density at radius 3 is 2.07 bits per heavy atom. The first-order chi connectivity index (χ1) is 13.8. The van der Waals surface area contributed by atoms with E-state index in [4.69, 9.17) is 4.74 Å². The lowest BCUT2D eigenvalue weighted by Gasteiger charge is -2.18. The Hall–Kier alpha value is -3.35. The van der Waals surface area contributed by atoms with Crippen LogP contribution in [0.4, 0.5) is 5.69 Å². The molecule has 2 aromatic carbocycles. The van der Waals surface area contributed by atoms with Gasteiger partial charge in [0.25, 0.3) is 11.8 Å². The molecule has 0 aliphatic heterocycles. The molecular weight excluding hydrogens is 370 g/mol. The van der Waals surface area contributed by atoms with E-state index in [9.17, 15) is 14.4 Å². The van der Waals surface area contributed by atoms with Crippen molar-refractivity contribution in [3.8, 4) is 5.75 Å². The molecule has 0 fully saturated rings.